The standard InChI is InChI=1S/C24H30N2O7S/c1-31-20-11-17(12-21(14-20)32-2)15-26(16-23(27)33-3)24(28)18-7-6-10-22(13-18)34(29,30)25-19-8-4-5-9-19/h6-7,10-14,19,25H,4-5,8-9,15-16H2,1-3H3. The minimum absolute atomic E-state index is 0.00585. The fraction of sp³-hybridized carbons (Fsp3) is 0.417. The summed E-state index contributed by atoms with van der Waals surface area (Å²) in [6.45, 7) is -0.259. The van der Waals surface area contributed by atoms with E-state index in [2.05, 4.69) is 4.72 Å². The Morgan fingerprint density at radius 1 is 1.00 bits per heavy atom. The van der Waals surface area contributed by atoms with Crippen LogP contribution in [0.1, 0.15) is 41.6 Å². The van der Waals surface area contributed by atoms with Gasteiger partial charge in [-0.15, -0.1) is 0 Å². The van der Waals surface area contributed by atoms with Gasteiger partial charge in [0.15, 0.2) is 0 Å². The lowest BCUT2D eigenvalue weighted by molar-refractivity contribution is -0.141. The minimum Gasteiger partial charge on any atom is -0.497 e. The van der Waals surface area contributed by atoms with Gasteiger partial charge in [0.25, 0.3) is 5.91 Å². The second-order valence-electron chi connectivity index (χ2n) is 8.09. The fourth-order valence-corrected chi connectivity index (χ4v) is 5.26. The average Bonchev–Trinajstić information content (AvgIpc) is 3.35. The Morgan fingerprint density at radius 3 is 2.24 bits per heavy atom. The number of rotatable bonds is 10. The monoisotopic (exact) mass is 490 g/mol. The van der Waals surface area contributed by atoms with E-state index in [1.807, 2.05) is 0 Å². The zero-order valence-electron chi connectivity index (χ0n) is 19.6. The number of carbonyl (C=O) groups excluding carboxylic acids is 2. The van der Waals surface area contributed by atoms with E-state index in [1.54, 1.807) is 18.2 Å². The Balaban J connectivity index is 1.88. The summed E-state index contributed by atoms with van der Waals surface area (Å²) in [6.07, 6.45) is 3.58. The van der Waals surface area contributed by atoms with Crippen molar-refractivity contribution < 1.29 is 32.2 Å². The van der Waals surface area contributed by atoms with Crippen LogP contribution >= 0.6 is 0 Å². The Morgan fingerprint density at radius 2 is 1.65 bits per heavy atom. The molecule has 1 aliphatic carbocycles. The Bertz CT molecular complexity index is 1110. The number of ether oxygens (including phenoxy) is 3. The molecule has 1 amide bonds. The van der Waals surface area contributed by atoms with Gasteiger partial charge in [-0.25, -0.2) is 13.1 Å². The number of benzene rings is 2. The van der Waals surface area contributed by atoms with Gasteiger partial charge in [0, 0.05) is 24.2 Å². The maximum absolute atomic E-state index is 13.4. The Labute approximate surface area is 200 Å². The third-order valence-corrected chi connectivity index (χ3v) is 7.21. The number of sulfonamides is 1. The molecular formula is C24H30N2O7S. The molecule has 0 aromatic heterocycles. The largest absolute Gasteiger partial charge is 0.497 e. The van der Waals surface area contributed by atoms with Crippen LogP contribution in [0.5, 0.6) is 11.5 Å². The molecule has 2 aromatic rings. The minimum atomic E-state index is -3.78. The molecule has 0 radical (unpaired) electrons. The smallest absolute Gasteiger partial charge is 0.325 e. The van der Waals surface area contributed by atoms with E-state index < -0.39 is 21.9 Å². The molecule has 1 saturated carbocycles. The highest BCUT2D eigenvalue weighted by molar-refractivity contribution is 7.89. The second kappa shape index (κ2) is 11.3. The number of methoxy groups -OCH3 is 3. The van der Waals surface area contributed by atoms with Gasteiger partial charge in [0.1, 0.15) is 18.0 Å². The van der Waals surface area contributed by atoms with Crippen LogP contribution in [-0.2, 0) is 26.1 Å². The normalized spacial score (nSPS) is 14.0. The summed E-state index contributed by atoms with van der Waals surface area (Å²) in [6, 6.07) is 10.9. The number of hydrogen-bond donors (Lipinski definition) is 1. The predicted molar refractivity (Wildman–Crippen MR) is 125 cm³/mol. The zero-order valence-corrected chi connectivity index (χ0v) is 20.4. The molecular weight excluding hydrogens is 460 g/mol. The molecule has 1 N–H and O–H groups in total. The van der Waals surface area contributed by atoms with Crippen LogP contribution < -0.4 is 14.2 Å². The maximum Gasteiger partial charge on any atom is 0.325 e. The van der Waals surface area contributed by atoms with Crippen molar-refractivity contribution in [3.05, 3.63) is 53.6 Å². The van der Waals surface area contributed by atoms with E-state index in [1.165, 1.54) is 50.5 Å². The van der Waals surface area contributed by atoms with E-state index in [4.69, 9.17) is 14.2 Å². The Hall–Kier alpha value is -3.11. The first-order valence-electron chi connectivity index (χ1n) is 11.0. The highest BCUT2D eigenvalue weighted by Gasteiger charge is 2.25. The lowest BCUT2D eigenvalue weighted by atomic mass is 10.1. The van der Waals surface area contributed by atoms with Crippen molar-refractivity contribution in [1.82, 2.24) is 9.62 Å². The van der Waals surface area contributed by atoms with Crippen molar-refractivity contribution >= 4 is 21.9 Å². The summed E-state index contributed by atoms with van der Waals surface area (Å²) in [4.78, 5) is 26.7. The highest BCUT2D eigenvalue weighted by Crippen LogP contribution is 2.25. The van der Waals surface area contributed by atoms with Gasteiger partial charge in [0.2, 0.25) is 10.0 Å². The first-order chi connectivity index (χ1) is 16.2. The number of nitrogens with zero attached hydrogens (tertiary/aromatic N) is 1. The summed E-state index contributed by atoms with van der Waals surface area (Å²) in [5.74, 6) is -0.0446. The summed E-state index contributed by atoms with van der Waals surface area (Å²) in [5, 5.41) is 0. The second-order valence-corrected chi connectivity index (χ2v) is 9.80. The average molecular weight is 491 g/mol. The van der Waals surface area contributed by atoms with E-state index in [-0.39, 0.29) is 29.6 Å². The van der Waals surface area contributed by atoms with Crippen LogP contribution in [0, 0.1) is 0 Å². The van der Waals surface area contributed by atoms with Crippen molar-refractivity contribution in [1.29, 1.82) is 0 Å². The van der Waals surface area contributed by atoms with E-state index in [9.17, 15) is 18.0 Å². The highest BCUT2D eigenvalue weighted by atomic mass is 32.2. The fourth-order valence-electron chi connectivity index (χ4n) is 3.91. The van der Waals surface area contributed by atoms with Crippen molar-refractivity contribution in [3.8, 4) is 11.5 Å². The molecule has 34 heavy (non-hydrogen) atoms. The summed E-state index contributed by atoms with van der Waals surface area (Å²) in [7, 11) is 0.493. The van der Waals surface area contributed by atoms with Crippen LogP contribution in [-0.4, -0.2) is 59.1 Å². The van der Waals surface area contributed by atoms with Gasteiger partial charge in [0.05, 0.1) is 26.2 Å². The molecule has 2 aromatic carbocycles. The SMILES string of the molecule is COC(=O)CN(Cc1cc(OC)cc(OC)c1)C(=O)c1cccc(S(=O)(=O)NC2CCCC2)c1. The Kier molecular flexibility index (Phi) is 8.51. The van der Waals surface area contributed by atoms with Crippen LogP contribution in [0.25, 0.3) is 0 Å². The first-order valence-corrected chi connectivity index (χ1v) is 12.4. The van der Waals surface area contributed by atoms with E-state index >= 15 is 0 Å². The first kappa shape index (κ1) is 25.5. The summed E-state index contributed by atoms with van der Waals surface area (Å²) >= 11 is 0. The molecule has 10 heteroatoms. The van der Waals surface area contributed by atoms with Gasteiger partial charge in [-0.2, -0.15) is 0 Å². The lowest BCUT2D eigenvalue weighted by Gasteiger charge is -2.22. The van der Waals surface area contributed by atoms with Crippen LogP contribution in [0.3, 0.4) is 0 Å². The lowest BCUT2D eigenvalue weighted by Crippen LogP contribution is -2.36. The third kappa shape index (κ3) is 6.48. The predicted octanol–water partition coefficient (Wildman–Crippen LogP) is 2.74. The molecule has 0 saturated heterocycles. The van der Waals surface area contributed by atoms with Gasteiger partial charge in [-0.1, -0.05) is 18.9 Å². The molecule has 0 heterocycles. The van der Waals surface area contributed by atoms with Gasteiger partial charge < -0.3 is 19.1 Å². The molecule has 0 spiro atoms. The number of hydrogen-bond acceptors (Lipinski definition) is 7. The molecule has 3 rings (SSSR count). The molecule has 0 aliphatic heterocycles. The number of carbonyl (C=O) groups is 2. The van der Waals surface area contributed by atoms with Crippen LogP contribution in [0.4, 0.5) is 0 Å². The molecule has 184 valence electrons. The van der Waals surface area contributed by atoms with E-state index in [0.29, 0.717) is 17.1 Å². The summed E-state index contributed by atoms with van der Waals surface area (Å²) < 4.78 is 43.7. The van der Waals surface area contributed by atoms with Crippen molar-refractivity contribution in [3.63, 3.8) is 0 Å². The topological polar surface area (TPSA) is 111 Å². The number of esters is 1. The molecule has 1 aliphatic rings. The van der Waals surface area contributed by atoms with Crippen molar-refractivity contribution in [2.24, 2.45) is 0 Å². The van der Waals surface area contributed by atoms with Gasteiger partial charge >= 0.3 is 5.97 Å². The number of nitrogens with one attached hydrogen (secondary N) is 1. The molecule has 9 nitrogen and oxygen atoms in total. The molecule has 1 fully saturated rings. The number of amides is 1. The maximum atomic E-state index is 13.4. The quantitative estimate of drug-likeness (QED) is 0.510. The zero-order chi connectivity index (χ0) is 24.7. The third-order valence-electron chi connectivity index (χ3n) is 5.69. The van der Waals surface area contributed by atoms with Crippen LogP contribution in [0.2, 0.25) is 0 Å². The van der Waals surface area contributed by atoms with Crippen molar-refractivity contribution in [2.45, 2.75) is 43.2 Å². The van der Waals surface area contributed by atoms with Gasteiger partial charge in [-0.05, 0) is 48.7 Å². The molecule has 0 atom stereocenters. The molecule has 0 unspecified atom stereocenters. The van der Waals surface area contributed by atoms with Gasteiger partial charge in [-0.3, -0.25) is 9.59 Å². The summed E-state index contributed by atoms with van der Waals surface area (Å²) in [5.41, 5.74) is 0.813. The molecule has 0 bridgehead atoms. The van der Waals surface area contributed by atoms with E-state index in [0.717, 1.165) is 25.7 Å². The van der Waals surface area contributed by atoms with Crippen molar-refractivity contribution in [2.75, 3.05) is 27.9 Å². The van der Waals surface area contributed by atoms with Crippen LogP contribution in [0.15, 0.2) is 47.4 Å².